The van der Waals surface area contributed by atoms with E-state index in [0.29, 0.717) is 6.04 Å². The SMILES string of the molecule is CCNc1nc(C)nc(NC2CCCCC2C(C)C)c1C. The highest BCUT2D eigenvalue weighted by Crippen LogP contribution is 2.33. The number of nitrogens with zero attached hydrogens (tertiary/aromatic N) is 2. The molecule has 1 aromatic rings. The van der Waals surface area contributed by atoms with Crippen LogP contribution in [0.2, 0.25) is 0 Å². The summed E-state index contributed by atoms with van der Waals surface area (Å²) in [7, 11) is 0. The molecule has 118 valence electrons. The van der Waals surface area contributed by atoms with Crippen molar-refractivity contribution in [3.05, 3.63) is 11.4 Å². The van der Waals surface area contributed by atoms with Gasteiger partial charge in [-0.2, -0.15) is 0 Å². The van der Waals surface area contributed by atoms with Crippen LogP contribution < -0.4 is 10.6 Å². The van der Waals surface area contributed by atoms with Crippen LogP contribution in [0.4, 0.5) is 11.6 Å². The van der Waals surface area contributed by atoms with E-state index in [9.17, 15) is 0 Å². The molecule has 0 radical (unpaired) electrons. The normalized spacial score (nSPS) is 22.4. The summed E-state index contributed by atoms with van der Waals surface area (Å²) in [6, 6.07) is 0.543. The van der Waals surface area contributed by atoms with Gasteiger partial charge in [0, 0.05) is 18.2 Å². The van der Waals surface area contributed by atoms with E-state index < -0.39 is 0 Å². The average Bonchev–Trinajstić information content (AvgIpc) is 2.44. The quantitative estimate of drug-likeness (QED) is 0.855. The molecule has 2 unspecified atom stereocenters. The second kappa shape index (κ2) is 7.10. The van der Waals surface area contributed by atoms with Gasteiger partial charge in [0.1, 0.15) is 17.5 Å². The van der Waals surface area contributed by atoms with E-state index in [-0.39, 0.29) is 0 Å². The van der Waals surface area contributed by atoms with Gasteiger partial charge in [-0.15, -0.1) is 0 Å². The summed E-state index contributed by atoms with van der Waals surface area (Å²) >= 11 is 0. The highest BCUT2D eigenvalue weighted by atomic mass is 15.1. The Kier molecular flexibility index (Phi) is 5.43. The molecule has 21 heavy (non-hydrogen) atoms. The molecule has 0 spiro atoms. The van der Waals surface area contributed by atoms with Crippen LogP contribution >= 0.6 is 0 Å². The molecular formula is C17H30N4. The van der Waals surface area contributed by atoms with Crippen molar-refractivity contribution < 1.29 is 0 Å². The molecule has 2 rings (SSSR count). The van der Waals surface area contributed by atoms with Crippen molar-refractivity contribution in [3.8, 4) is 0 Å². The molecule has 0 aliphatic heterocycles. The van der Waals surface area contributed by atoms with E-state index >= 15 is 0 Å². The Morgan fingerprint density at radius 2 is 1.76 bits per heavy atom. The summed E-state index contributed by atoms with van der Waals surface area (Å²) in [4.78, 5) is 9.15. The van der Waals surface area contributed by atoms with E-state index in [0.717, 1.165) is 41.4 Å². The van der Waals surface area contributed by atoms with Crippen LogP contribution in [0.25, 0.3) is 0 Å². The molecule has 4 nitrogen and oxygen atoms in total. The van der Waals surface area contributed by atoms with Crippen molar-refractivity contribution in [3.63, 3.8) is 0 Å². The number of hydrogen-bond acceptors (Lipinski definition) is 4. The van der Waals surface area contributed by atoms with Crippen molar-refractivity contribution in [2.45, 2.75) is 66.3 Å². The van der Waals surface area contributed by atoms with E-state index in [4.69, 9.17) is 0 Å². The monoisotopic (exact) mass is 290 g/mol. The third-order valence-corrected chi connectivity index (χ3v) is 4.60. The van der Waals surface area contributed by atoms with Gasteiger partial charge in [0.2, 0.25) is 0 Å². The standard InChI is InChI=1S/C17H30N4/c1-6-18-16-12(4)17(20-13(5)19-16)21-15-10-8-7-9-14(15)11(2)3/h11,14-15H,6-10H2,1-5H3,(H2,18,19,20,21). The maximum atomic E-state index is 4.64. The zero-order valence-corrected chi connectivity index (χ0v) is 14.2. The van der Waals surface area contributed by atoms with Crippen LogP contribution in [0.5, 0.6) is 0 Å². The fourth-order valence-corrected chi connectivity index (χ4v) is 3.42. The lowest BCUT2D eigenvalue weighted by atomic mass is 9.78. The number of anilines is 2. The van der Waals surface area contributed by atoms with Crippen LogP contribution in [-0.4, -0.2) is 22.6 Å². The first-order valence-corrected chi connectivity index (χ1v) is 8.38. The maximum absolute atomic E-state index is 4.64. The van der Waals surface area contributed by atoms with Gasteiger partial charge in [0.25, 0.3) is 0 Å². The summed E-state index contributed by atoms with van der Waals surface area (Å²) in [5.74, 6) is 4.27. The summed E-state index contributed by atoms with van der Waals surface area (Å²) in [6.45, 7) is 11.7. The number of aryl methyl sites for hydroxylation is 1. The first-order valence-electron chi connectivity index (χ1n) is 8.38. The fraction of sp³-hybridized carbons (Fsp3) is 0.765. The Hall–Kier alpha value is -1.32. The Bertz CT molecular complexity index is 470. The maximum Gasteiger partial charge on any atom is 0.134 e. The van der Waals surface area contributed by atoms with Gasteiger partial charge in [-0.05, 0) is 45.4 Å². The van der Waals surface area contributed by atoms with Gasteiger partial charge in [-0.25, -0.2) is 9.97 Å². The molecule has 1 fully saturated rings. The van der Waals surface area contributed by atoms with E-state index in [1.165, 1.54) is 25.7 Å². The third kappa shape index (κ3) is 3.86. The van der Waals surface area contributed by atoms with Crippen molar-refractivity contribution in [2.75, 3.05) is 17.2 Å². The third-order valence-electron chi connectivity index (χ3n) is 4.60. The molecule has 4 heteroatoms. The zero-order chi connectivity index (χ0) is 15.4. The van der Waals surface area contributed by atoms with Gasteiger partial charge < -0.3 is 10.6 Å². The largest absolute Gasteiger partial charge is 0.370 e. The summed E-state index contributed by atoms with van der Waals surface area (Å²) in [6.07, 6.45) is 5.27. The highest BCUT2D eigenvalue weighted by molar-refractivity contribution is 5.57. The predicted octanol–water partition coefficient (Wildman–Crippen LogP) is 4.15. The summed E-state index contributed by atoms with van der Waals surface area (Å²) in [5, 5.41) is 7.07. The molecule has 0 amide bonds. The van der Waals surface area contributed by atoms with Crippen molar-refractivity contribution in [1.82, 2.24) is 9.97 Å². The molecule has 0 bridgehead atoms. The number of aromatic nitrogens is 2. The van der Waals surface area contributed by atoms with E-state index in [1.54, 1.807) is 0 Å². The molecule has 1 saturated carbocycles. The van der Waals surface area contributed by atoms with Gasteiger partial charge in [0.05, 0.1) is 0 Å². The molecule has 0 saturated heterocycles. The van der Waals surface area contributed by atoms with Gasteiger partial charge in [-0.1, -0.05) is 26.7 Å². The number of hydrogen-bond donors (Lipinski definition) is 2. The van der Waals surface area contributed by atoms with Crippen LogP contribution in [0.3, 0.4) is 0 Å². The molecular weight excluding hydrogens is 260 g/mol. The van der Waals surface area contributed by atoms with Crippen LogP contribution in [-0.2, 0) is 0 Å². The smallest absolute Gasteiger partial charge is 0.134 e. The van der Waals surface area contributed by atoms with Crippen molar-refractivity contribution >= 4 is 11.6 Å². The van der Waals surface area contributed by atoms with Gasteiger partial charge >= 0.3 is 0 Å². The van der Waals surface area contributed by atoms with Crippen LogP contribution in [0.15, 0.2) is 0 Å². The number of rotatable bonds is 5. The minimum Gasteiger partial charge on any atom is -0.370 e. The minimum absolute atomic E-state index is 0.543. The molecule has 2 atom stereocenters. The van der Waals surface area contributed by atoms with Crippen molar-refractivity contribution in [2.24, 2.45) is 11.8 Å². The average molecular weight is 290 g/mol. The Morgan fingerprint density at radius 3 is 2.43 bits per heavy atom. The second-order valence-corrected chi connectivity index (χ2v) is 6.57. The summed E-state index contributed by atoms with van der Waals surface area (Å²) < 4.78 is 0. The minimum atomic E-state index is 0.543. The molecule has 1 aromatic heterocycles. The predicted molar refractivity (Wildman–Crippen MR) is 89.9 cm³/mol. The molecule has 1 aliphatic rings. The molecule has 0 aromatic carbocycles. The lowest BCUT2D eigenvalue weighted by molar-refractivity contribution is 0.253. The number of nitrogens with one attached hydrogen (secondary N) is 2. The molecule has 2 N–H and O–H groups in total. The molecule has 1 heterocycles. The van der Waals surface area contributed by atoms with Crippen molar-refractivity contribution in [1.29, 1.82) is 0 Å². The Labute approximate surface area is 129 Å². The first kappa shape index (κ1) is 16.1. The Morgan fingerprint density at radius 1 is 1.10 bits per heavy atom. The lowest BCUT2D eigenvalue weighted by Gasteiger charge is -2.35. The zero-order valence-electron chi connectivity index (χ0n) is 14.2. The first-order chi connectivity index (χ1) is 10.0. The summed E-state index contributed by atoms with van der Waals surface area (Å²) in [5.41, 5.74) is 1.13. The van der Waals surface area contributed by atoms with E-state index in [2.05, 4.69) is 48.3 Å². The van der Waals surface area contributed by atoms with E-state index in [1.807, 2.05) is 6.92 Å². The van der Waals surface area contributed by atoms with Gasteiger partial charge in [0.15, 0.2) is 0 Å². The Balaban J connectivity index is 2.21. The lowest BCUT2D eigenvalue weighted by Crippen LogP contribution is -2.36. The second-order valence-electron chi connectivity index (χ2n) is 6.57. The molecule has 1 aliphatic carbocycles. The topological polar surface area (TPSA) is 49.8 Å². The van der Waals surface area contributed by atoms with Crippen LogP contribution in [0.1, 0.15) is 57.8 Å². The highest BCUT2D eigenvalue weighted by Gasteiger charge is 2.28. The van der Waals surface area contributed by atoms with Crippen LogP contribution in [0, 0.1) is 25.7 Å². The fourth-order valence-electron chi connectivity index (χ4n) is 3.42. The van der Waals surface area contributed by atoms with Gasteiger partial charge in [-0.3, -0.25) is 0 Å².